The number of aliphatic hydroxyl groups is 1. The Morgan fingerprint density at radius 3 is 2.68 bits per heavy atom. The van der Waals surface area contributed by atoms with Gasteiger partial charge in [0.25, 0.3) is 0 Å². The zero-order valence-corrected chi connectivity index (χ0v) is 12.8. The first-order valence-corrected chi connectivity index (χ1v) is 7.46. The van der Waals surface area contributed by atoms with Gasteiger partial charge in [0.05, 0.1) is 18.8 Å². The van der Waals surface area contributed by atoms with Gasteiger partial charge in [-0.05, 0) is 37.8 Å². The molecule has 0 radical (unpaired) electrons. The minimum absolute atomic E-state index is 0.0309. The van der Waals surface area contributed by atoms with Gasteiger partial charge in [0.2, 0.25) is 5.91 Å². The second-order valence-electron chi connectivity index (χ2n) is 5.44. The van der Waals surface area contributed by atoms with Gasteiger partial charge in [-0.3, -0.25) is 15.5 Å². The fourth-order valence-electron chi connectivity index (χ4n) is 2.23. The molecule has 1 aromatic rings. The third kappa shape index (κ3) is 4.75. The molecule has 0 bridgehead atoms. The van der Waals surface area contributed by atoms with Crippen LogP contribution in [0.3, 0.4) is 0 Å². The second kappa shape index (κ2) is 7.82. The summed E-state index contributed by atoms with van der Waals surface area (Å²) in [6.07, 6.45) is 2.96. The van der Waals surface area contributed by atoms with E-state index >= 15 is 0 Å². The van der Waals surface area contributed by atoms with E-state index in [2.05, 4.69) is 10.6 Å². The molecule has 0 atom stereocenters. The average Bonchev–Trinajstić information content (AvgIpc) is 3.37. The summed E-state index contributed by atoms with van der Waals surface area (Å²) < 4.78 is 0. The summed E-state index contributed by atoms with van der Waals surface area (Å²) in [6, 6.07) is 5.36. The number of aliphatic hydroxyl groups excluding tert-OH is 1. The van der Waals surface area contributed by atoms with E-state index in [0.717, 1.165) is 24.1 Å². The maximum Gasteiger partial charge on any atom is 0.239 e. The highest BCUT2D eigenvalue weighted by molar-refractivity contribution is 5.78. The smallest absolute Gasteiger partial charge is 0.239 e. The Hall–Kier alpha value is -2.05. The van der Waals surface area contributed by atoms with E-state index in [4.69, 9.17) is 5.21 Å². The topological polar surface area (TPSA) is 93.6 Å². The summed E-state index contributed by atoms with van der Waals surface area (Å²) in [5.41, 5.74) is 6.68. The lowest BCUT2D eigenvalue weighted by molar-refractivity contribution is -0.120. The molecular formula is C16H23N3O3. The normalized spacial score (nSPS) is 12.8. The Morgan fingerprint density at radius 2 is 2.05 bits per heavy atom. The number of benzene rings is 1. The number of carbonyl (C=O) groups is 1. The molecule has 1 saturated carbocycles. The summed E-state index contributed by atoms with van der Waals surface area (Å²) in [7, 11) is 0. The zero-order valence-electron chi connectivity index (χ0n) is 12.8. The summed E-state index contributed by atoms with van der Waals surface area (Å²) in [4.78, 5) is 11.7. The first-order chi connectivity index (χ1) is 10.6. The van der Waals surface area contributed by atoms with Crippen molar-refractivity contribution in [2.75, 3.05) is 18.6 Å². The Labute approximate surface area is 130 Å². The number of nitrogens with one attached hydrogen (secondary N) is 3. The van der Waals surface area contributed by atoms with Gasteiger partial charge in [-0.15, -0.1) is 0 Å². The summed E-state index contributed by atoms with van der Waals surface area (Å²) >= 11 is 0. The molecule has 5 N–H and O–H groups in total. The second-order valence-corrected chi connectivity index (χ2v) is 5.44. The van der Waals surface area contributed by atoms with Gasteiger partial charge in [0, 0.05) is 17.8 Å². The fraction of sp³-hybridized carbons (Fsp3) is 0.438. The van der Waals surface area contributed by atoms with E-state index in [1.807, 2.05) is 24.5 Å². The number of hydrogen-bond acceptors (Lipinski definition) is 5. The van der Waals surface area contributed by atoms with Crippen molar-refractivity contribution in [1.29, 1.82) is 0 Å². The number of anilines is 1. The van der Waals surface area contributed by atoms with Crippen molar-refractivity contribution in [3.05, 3.63) is 40.6 Å². The molecule has 1 fully saturated rings. The van der Waals surface area contributed by atoms with E-state index < -0.39 is 0 Å². The number of carbonyl (C=O) groups excluding carboxylic acids is 1. The van der Waals surface area contributed by atoms with Crippen molar-refractivity contribution in [2.45, 2.75) is 32.8 Å². The van der Waals surface area contributed by atoms with Crippen LogP contribution in [0.4, 0.5) is 5.69 Å². The molecule has 1 aliphatic carbocycles. The maximum absolute atomic E-state index is 11.7. The van der Waals surface area contributed by atoms with Gasteiger partial charge in [-0.2, -0.15) is 0 Å². The molecule has 0 aliphatic heterocycles. The molecule has 1 aromatic carbocycles. The molecule has 6 heteroatoms. The molecule has 0 spiro atoms. The largest absolute Gasteiger partial charge is 0.392 e. The Morgan fingerprint density at radius 1 is 1.27 bits per heavy atom. The van der Waals surface area contributed by atoms with Crippen molar-refractivity contribution in [1.82, 2.24) is 10.6 Å². The first-order valence-electron chi connectivity index (χ1n) is 7.46. The number of rotatable bonds is 8. The van der Waals surface area contributed by atoms with Gasteiger partial charge in [-0.25, -0.2) is 0 Å². The molecule has 0 saturated heterocycles. The van der Waals surface area contributed by atoms with Crippen LogP contribution in [0.1, 0.15) is 30.9 Å². The van der Waals surface area contributed by atoms with E-state index in [1.165, 1.54) is 5.57 Å². The fourth-order valence-corrected chi connectivity index (χ4v) is 2.23. The summed E-state index contributed by atoms with van der Waals surface area (Å²) in [5.74, 6) is -0.0309. The molecule has 6 nitrogen and oxygen atoms in total. The van der Waals surface area contributed by atoms with E-state index in [9.17, 15) is 9.90 Å². The van der Waals surface area contributed by atoms with Crippen molar-refractivity contribution in [3.63, 3.8) is 0 Å². The predicted molar refractivity (Wildman–Crippen MR) is 84.4 cm³/mol. The van der Waals surface area contributed by atoms with Crippen LogP contribution in [0.15, 0.2) is 29.5 Å². The van der Waals surface area contributed by atoms with Crippen LogP contribution in [0.25, 0.3) is 0 Å². The average molecular weight is 305 g/mol. The van der Waals surface area contributed by atoms with Crippen LogP contribution in [-0.4, -0.2) is 29.3 Å². The minimum Gasteiger partial charge on any atom is -0.392 e. The monoisotopic (exact) mass is 305 g/mol. The lowest BCUT2D eigenvalue weighted by Gasteiger charge is -2.10. The number of allylic oxidation sites excluding steroid dienone is 2. The Bertz CT molecular complexity index is 564. The van der Waals surface area contributed by atoms with Crippen molar-refractivity contribution < 1.29 is 15.1 Å². The van der Waals surface area contributed by atoms with E-state index in [-0.39, 0.29) is 12.5 Å². The van der Waals surface area contributed by atoms with Gasteiger partial charge >= 0.3 is 0 Å². The molecule has 2 rings (SSSR count). The third-order valence-corrected chi connectivity index (χ3v) is 3.74. The molecular weight excluding hydrogens is 282 g/mol. The van der Waals surface area contributed by atoms with Crippen LogP contribution >= 0.6 is 0 Å². The molecule has 22 heavy (non-hydrogen) atoms. The third-order valence-electron chi connectivity index (χ3n) is 3.74. The SMILES string of the molecule is CC(NCC(=O)NCCc1ccc(NO)c(CO)c1)=C1CC1. The van der Waals surface area contributed by atoms with Gasteiger partial charge < -0.3 is 15.7 Å². The van der Waals surface area contributed by atoms with Crippen LogP contribution in [0.5, 0.6) is 0 Å². The quantitative estimate of drug-likeness (QED) is 0.467. The molecule has 1 aliphatic rings. The standard InChI is InChI=1S/C16H23N3O3/c1-11(13-3-4-13)18-9-16(21)17-7-6-12-2-5-15(19-22)14(8-12)10-20/h2,5,8,18-20,22H,3-4,6-7,9-10H2,1H3,(H,17,21). The Kier molecular flexibility index (Phi) is 5.80. The minimum atomic E-state index is -0.152. The number of hydrogen-bond donors (Lipinski definition) is 5. The Balaban J connectivity index is 1.73. The lowest BCUT2D eigenvalue weighted by atomic mass is 10.1. The zero-order chi connectivity index (χ0) is 15.9. The highest BCUT2D eigenvalue weighted by Crippen LogP contribution is 2.29. The lowest BCUT2D eigenvalue weighted by Crippen LogP contribution is -2.34. The van der Waals surface area contributed by atoms with Gasteiger partial charge in [0.1, 0.15) is 0 Å². The molecule has 0 aromatic heterocycles. The van der Waals surface area contributed by atoms with Crippen molar-refractivity contribution in [2.24, 2.45) is 0 Å². The summed E-state index contributed by atoms with van der Waals surface area (Å²) in [6.45, 7) is 2.68. The number of amides is 1. The molecule has 1 amide bonds. The van der Waals surface area contributed by atoms with E-state index in [1.54, 1.807) is 6.07 Å². The molecule has 120 valence electrons. The molecule has 0 unspecified atom stereocenters. The van der Waals surface area contributed by atoms with Gasteiger partial charge in [0.15, 0.2) is 0 Å². The highest BCUT2D eigenvalue weighted by Gasteiger charge is 2.14. The van der Waals surface area contributed by atoms with Gasteiger partial charge in [-0.1, -0.05) is 17.7 Å². The van der Waals surface area contributed by atoms with E-state index in [0.29, 0.717) is 30.8 Å². The summed E-state index contributed by atoms with van der Waals surface area (Å²) in [5, 5.41) is 24.1. The first kappa shape index (κ1) is 16.3. The van der Waals surface area contributed by atoms with Crippen molar-refractivity contribution >= 4 is 11.6 Å². The maximum atomic E-state index is 11.7. The van der Waals surface area contributed by atoms with Crippen LogP contribution in [-0.2, 0) is 17.8 Å². The molecule has 0 heterocycles. The van der Waals surface area contributed by atoms with Crippen LogP contribution in [0.2, 0.25) is 0 Å². The predicted octanol–water partition coefficient (Wildman–Crippen LogP) is 1.30. The highest BCUT2D eigenvalue weighted by atomic mass is 16.5. The van der Waals surface area contributed by atoms with Crippen LogP contribution in [0, 0.1) is 0 Å². The van der Waals surface area contributed by atoms with Crippen LogP contribution < -0.4 is 16.1 Å². The van der Waals surface area contributed by atoms with Crippen molar-refractivity contribution in [3.8, 4) is 0 Å².